The number of rotatable bonds is 2. The second-order valence-corrected chi connectivity index (χ2v) is 6.68. The minimum atomic E-state index is 0.0682. The molecule has 0 unspecified atom stereocenters. The van der Waals surface area contributed by atoms with Crippen molar-refractivity contribution in [2.75, 3.05) is 0 Å². The zero-order valence-electron chi connectivity index (χ0n) is 15.9. The molecule has 0 radical (unpaired) electrons. The fraction of sp³-hybridized carbons (Fsp3) is 0.217. The number of aromatic nitrogens is 2. The Morgan fingerprint density at radius 3 is 2.19 bits per heavy atom. The predicted octanol–water partition coefficient (Wildman–Crippen LogP) is 4.60. The van der Waals surface area contributed by atoms with Crippen LogP contribution in [0, 0.1) is 0 Å². The number of para-hydroxylation sites is 2. The minimum absolute atomic E-state index is 0.0682. The van der Waals surface area contributed by atoms with Crippen LogP contribution >= 0.6 is 0 Å². The first kappa shape index (κ1) is 18.6. The maximum atomic E-state index is 11.6. The van der Waals surface area contributed by atoms with E-state index in [1.54, 1.807) is 12.1 Å². The van der Waals surface area contributed by atoms with Crippen molar-refractivity contribution >= 4 is 21.8 Å². The Labute approximate surface area is 158 Å². The summed E-state index contributed by atoms with van der Waals surface area (Å²) in [4.78, 5) is 23.1. The van der Waals surface area contributed by atoms with E-state index in [4.69, 9.17) is 0 Å². The first-order valence-electron chi connectivity index (χ1n) is 9.21. The molecule has 0 N–H and O–H groups in total. The molecular formula is C23H24N2O2. The van der Waals surface area contributed by atoms with Gasteiger partial charge in [0.15, 0.2) is 5.43 Å². The molecule has 0 bridgehead atoms. The summed E-state index contributed by atoms with van der Waals surface area (Å²) in [5.41, 5.74) is 2.19. The van der Waals surface area contributed by atoms with Crippen LogP contribution in [-0.2, 0) is 6.54 Å². The molecule has 4 aromatic rings. The molecule has 0 saturated heterocycles. The lowest BCUT2D eigenvalue weighted by atomic mass is 10.2. The highest BCUT2D eigenvalue weighted by molar-refractivity contribution is 5.79. The molecule has 2 aromatic heterocycles. The monoisotopic (exact) mass is 360 g/mol. The van der Waals surface area contributed by atoms with Crippen LogP contribution in [0.3, 0.4) is 0 Å². The van der Waals surface area contributed by atoms with E-state index in [0.717, 1.165) is 28.4 Å². The molecule has 4 rings (SSSR count). The van der Waals surface area contributed by atoms with Crippen molar-refractivity contribution in [3.63, 3.8) is 0 Å². The molecule has 0 aliphatic carbocycles. The fourth-order valence-corrected chi connectivity index (χ4v) is 3.28. The second kappa shape index (κ2) is 8.04. The van der Waals surface area contributed by atoms with Gasteiger partial charge < -0.3 is 9.13 Å². The van der Waals surface area contributed by atoms with Gasteiger partial charge in [0.05, 0.1) is 11.0 Å². The van der Waals surface area contributed by atoms with Crippen molar-refractivity contribution in [1.82, 2.24) is 9.13 Å². The van der Waals surface area contributed by atoms with E-state index in [1.807, 2.05) is 79.2 Å². The van der Waals surface area contributed by atoms with Gasteiger partial charge in [-0.15, -0.1) is 0 Å². The number of aryl methyl sites for hydroxylation is 1. The zero-order valence-corrected chi connectivity index (χ0v) is 15.9. The van der Waals surface area contributed by atoms with Crippen molar-refractivity contribution in [3.05, 3.63) is 93.5 Å². The number of hydrogen-bond acceptors (Lipinski definition) is 2. The molecule has 0 aliphatic heterocycles. The van der Waals surface area contributed by atoms with E-state index in [0.29, 0.717) is 0 Å². The van der Waals surface area contributed by atoms with Gasteiger partial charge in [-0.25, -0.2) is 0 Å². The quantitative estimate of drug-likeness (QED) is 0.524. The molecule has 0 aliphatic rings. The summed E-state index contributed by atoms with van der Waals surface area (Å²) in [7, 11) is 0. The van der Waals surface area contributed by atoms with Crippen LogP contribution in [0.15, 0.2) is 82.5 Å². The van der Waals surface area contributed by atoms with Crippen LogP contribution in [-0.4, -0.2) is 9.13 Å². The molecular weight excluding hydrogens is 336 g/mol. The predicted molar refractivity (Wildman–Crippen MR) is 112 cm³/mol. The highest BCUT2D eigenvalue weighted by Crippen LogP contribution is 2.14. The zero-order chi connectivity index (χ0) is 19.4. The molecule has 0 spiro atoms. The summed E-state index contributed by atoms with van der Waals surface area (Å²) in [6.07, 6.45) is 1.84. The highest BCUT2D eigenvalue weighted by Gasteiger charge is 2.04. The smallest absolute Gasteiger partial charge is 0.251 e. The summed E-state index contributed by atoms with van der Waals surface area (Å²) in [5, 5.41) is 1.91. The summed E-state index contributed by atoms with van der Waals surface area (Å²) in [5.74, 6) is 0. The number of fused-ring (bicyclic) bond motifs is 2. The van der Waals surface area contributed by atoms with Crippen LogP contribution in [0.25, 0.3) is 21.8 Å². The summed E-state index contributed by atoms with van der Waals surface area (Å²) >= 11 is 0. The topological polar surface area (TPSA) is 44.0 Å². The summed E-state index contributed by atoms with van der Waals surface area (Å²) in [6.45, 7) is 7.00. The van der Waals surface area contributed by atoms with Gasteiger partial charge >= 0.3 is 0 Å². The van der Waals surface area contributed by atoms with Crippen molar-refractivity contribution < 1.29 is 0 Å². The third-order valence-electron chi connectivity index (χ3n) is 4.58. The molecule has 0 amide bonds. The van der Waals surface area contributed by atoms with E-state index in [-0.39, 0.29) is 17.0 Å². The Hall–Kier alpha value is -3.14. The van der Waals surface area contributed by atoms with Gasteiger partial charge in [0.25, 0.3) is 5.56 Å². The molecule has 0 atom stereocenters. The number of nitrogens with zero attached hydrogens (tertiary/aromatic N) is 2. The minimum Gasteiger partial charge on any atom is -0.348 e. The van der Waals surface area contributed by atoms with Crippen LogP contribution in [0.5, 0.6) is 0 Å². The summed E-state index contributed by atoms with van der Waals surface area (Å²) in [6, 6.07) is 20.9. The maximum Gasteiger partial charge on any atom is 0.251 e. The van der Waals surface area contributed by atoms with E-state index in [9.17, 15) is 9.59 Å². The molecule has 4 heteroatoms. The second-order valence-electron chi connectivity index (χ2n) is 6.68. The van der Waals surface area contributed by atoms with E-state index >= 15 is 0 Å². The Morgan fingerprint density at radius 1 is 0.815 bits per heavy atom. The number of hydrogen-bond donors (Lipinski definition) is 0. The average Bonchev–Trinajstić information content (AvgIpc) is 2.68. The third kappa shape index (κ3) is 3.85. The van der Waals surface area contributed by atoms with Gasteiger partial charge in [-0.2, -0.15) is 0 Å². The standard InChI is InChI=1S/C12H13NO.C11H11NO/c1-9(2)13-11-6-4-3-5-10(11)7-8-12(13)14;1-2-12-8-7-11(13)9-5-3-4-6-10(9)12/h3-9H,1-2H3;3-8H,2H2,1H3. The molecule has 0 fully saturated rings. The van der Waals surface area contributed by atoms with Crippen LogP contribution < -0.4 is 11.0 Å². The molecule has 2 aromatic carbocycles. The van der Waals surface area contributed by atoms with Gasteiger partial charge in [0.1, 0.15) is 0 Å². The van der Waals surface area contributed by atoms with Crippen molar-refractivity contribution in [2.45, 2.75) is 33.4 Å². The highest BCUT2D eigenvalue weighted by atomic mass is 16.1. The number of pyridine rings is 2. The van der Waals surface area contributed by atoms with Crippen molar-refractivity contribution in [1.29, 1.82) is 0 Å². The van der Waals surface area contributed by atoms with Gasteiger partial charge in [-0.3, -0.25) is 9.59 Å². The van der Waals surface area contributed by atoms with Gasteiger partial charge in [0, 0.05) is 36.3 Å². The lowest BCUT2D eigenvalue weighted by Gasteiger charge is -2.12. The first-order chi connectivity index (χ1) is 13.0. The Balaban J connectivity index is 0.000000156. The lowest BCUT2D eigenvalue weighted by molar-refractivity contribution is 0.600. The van der Waals surface area contributed by atoms with Crippen molar-refractivity contribution in [3.8, 4) is 0 Å². The Morgan fingerprint density at radius 2 is 1.48 bits per heavy atom. The lowest BCUT2D eigenvalue weighted by Crippen LogP contribution is -2.20. The third-order valence-corrected chi connectivity index (χ3v) is 4.58. The van der Waals surface area contributed by atoms with E-state index in [2.05, 4.69) is 11.5 Å². The Bertz CT molecular complexity index is 1190. The largest absolute Gasteiger partial charge is 0.348 e. The molecule has 0 saturated carbocycles. The first-order valence-corrected chi connectivity index (χ1v) is 9.21. The van der Waals surface area contributed by atoms with Crippen LogP contribution in [0.1, 0.15) is 26.8 Å². The van der Waals surface area contributed by atoms with Crippen LogP contribution in [0.4, 0.5) is 0 Å². The van der Waals surface area contributed by atoms with E-state index < -0.39 is 0 Å². The maximum absolute atomic E-state index is 11.6. The molecule has 138 valence electrons. The number of benzene rings is 2. The normalized spacial score (nSPS) is 10.8. The molecule has 27 heavy (non-hydrogen) atoms. The van der Waals surface area contributed by atoms with E-state index in [1.165, 1.54) is 0 Å². The Kier molecular flexibility index (Phi) is 5.55. The van der Waals surface area contributed by atoms with Gasteiger partial charge in [-0.05, 0) is 50.4 Å². The molecule has 2 heterocycles. The fourth-order valence-electron chi connectivity index (χ4n) is 3.28. The van der Waals surface area contributed by atoms with Crippen molar-refractivity contribution in [2.24, 2.45) is 0 Å². The SMILES string of the molecule is CC(C)n1c(=O)ccc2ccccc21.CCn1ccc(=O)c2ccccc21. The van der Waals surface area contributed by atoms with Crippen LogP contribution in [0.2, 0.25) is 0 Å². The molecule has 4 nitrogen and oxygen atoms in total. The average molecular weight is 360 g/mol. The van der Waals surface area contributed by atoms with Gasteiger partial charge in [-0.1, -0.05) is 30.3 Å². The summed E-state index contributed by atoms with van der Waals surface area (Å²) < 4.78 is 3.88. The van der Waals surface area contributed by atoms with Gasteiger partial charge in [0.2, 0.25) is 0 Å².